The van der Waals surface area contributed by atoms with E-state index in [2.05, 4.69) is 21.2 Å². The van der Waals surface area contributed by atoms with E-state index in [1.807, 2.05) is 22.8 Å². The summed E-state index contributed by atoms with van der Waals surface area (Å²) in [5.41, 5.74) is 2.54. The second-order valence-electron chi connectivity index (χ2n) is 6.98. The zero-order valence-electron chi connectivity index (χ0n) is 16.3. The fraction of sp³-hybridized carbons (Fsp3) is 0.174. The smallest absolute Gasteiger partial charge is 0.240 e. The molecule has 2 aromatic carbocycles. The highest BCUT2D eigenvalue weighted by Gasteiger charge is 2.32. The third-order valence-corrected chi connectivity index (χ3v) is 5.51. The van der Waals surface area contributed by atoms with Crippen molar-refractivity contribution in [2.45, 2.75) is 6.54 Å². The lowest BCUT2D eigenvalue weighted by Crippen LogP contribution is -2.30. The van der Waals surface area contributed by atoms with Crippen LogP contribution in [-0.2, 0) is 16.1 Å². The third kappa shape index (κ3) is 3.74. The molecule has 0 aliphatic heterocycles. The number of Topliss-reactive ketones (excluding diaryl/α,β-unsaturated/α-hetero) is 2. The van der Waals surface area contributed by atoms with E-state index in [1.54, 1.807) is 43.6 Å². The van der Waals surface area contributed by atoms with Crippen molar-refractivity contribution in [2.24, 2.45) is 0 Å². The Morgan fingerprint density at radius 2 is 1.83 bits per heavy atom. The second kappa shape index (κ2) is 8.38. The third-order valence-electron chi connectivity index (χ3n) is 5.02. The summed E-state index contributed by atoms with van der Waals surface area (Å²) in [5.74, 6) is -0.695. The molecule has 0 radical (unpaired) electrons. The van der Waals surface area contributed by atoms with Crippen molar-refractivity contribution < 1.29 is 19.1 Å². The molecule has 1 aromatic heterocycles. The number of rotatable bonds is 6. The number of hydrogen-bond donors (Lipinski definition) is 1. The molecule has 152 valence electrons. The van der Waals surface area contributed by atoms with Crippen molar-refractivity contribution in [1.29, 1.82) is 0 Å². The van der Waals surface area contributed by atoms with Gasteiger partial charge in [-0.1, -0.05) is 40.2 Å². The molecule has 1 aliphatic carbocycles. The Balaban J connectivity index is 1.72. The van der Waals surface area contributed by atoms with Crippen molar-refractivity contribution in [2.75, 3.05) is 20.3 Å². The number of carbonyl (C=O) groups excluding carboxylic acids is 3. The Morgan fingerprint density at radius 3 is 2.50 bits per heavy atom. The largest absolute Gasteiger partial charge is 0.383 e. The van der Waals surface area contributed by atoms with Gasteiger partial charge in [0.2, 0.25) is 5.91 Å². The van der Waals surface area contributed by atoms with Crippen molar-refractivity contribution in [3.63, 3.8) is 0 Å². The number of amides is 1. The summed E-state index contributed by atoms with van der Waals surface area (Å²) in [6.45, 7) is 0.985. The average molecular weight is 467 g/mol. The maximum atomic E-state index is 12.8. The normalized spacial score (nSPS) is 13.1. The van der Waals surface area contributed by atoms with Gasteiger partial charge in [-0.15, -0.1) is 0 Å². The molecule has 0 fully saturated rings. The minimum atomic E-state index is -0.274. The first-order valence-corrected chi connectivity index (χ1v) is 10.2. The van der Waals surface area contributed by atoms with Gasteiger partial charge in [0.25, 0.3) is 0 Å². The summed E-state index contributed by atoms with van der Waals surface area (Å²) in [5, 5.41) is 3.64. The summed E-state index contributed by atoms with van der Waals surface area (Å²) < 4.78 is 7.63. The molecule has 1 aliphatic rings. The van der Waals surface area contributed by atoms with Gasteiger partial charge >= 0.3 is 0 Å². The number of methoxy groups -OCH3 is 1. The van der Waals surface area contributed by atoms with Gasteiger partial charge in [0.1, 0.15) is 6.54 Å². The number of benzene rings is 2. The number of fused-ring (bicyclic) bond motifs is 2. The van der Waals surface area contributed by atoms with E-state index in [4.69, 9.17) is 4.74 Å². The van der Waals surface area contributed by atoms with Crippen LogP contribution in [0.5, 0.6) is 0 Å². The molecule has 1 amide bonds. The summed E-state index contributed by atoms with van der Waals surface area (Å²) >= 11 is 3.47. The van der Waals surface area contributed by atoms with Crippen molar-refractivity contribution in [3.8, 4) is 0 Å². The van der Waals surface area contributed by atoms with Gasteiger partial charge < -0.3 is 14.6 Å². The fourth-order valence-corrected chi connectivity index (χ4v) is 3.97. The number of ketones is 2. The van der Waals surface area contributed by atoms with E-state index in [9.17, 15) is 14.4 Å². The maximum absolute atomic E-state index is 12.8. The highest BCUT2D eigenvalue weighted by Crippen LogP contribution is 2.31. The van der Waals surface area contributed by atoms with Crippen LogP contribution in [0.4, 0.5) is 0 Å². The lowest BCUT2D eigenvalue weighted by Gasteiger charge is -2.07. The Hall–Kier alpha value is -3.03. The van der Waals surface area contributed by atoms with E-state index in [0.29, 0.717) is 29.8 Å². The van der Waals surface area contributed by atoms with Gasteiger partial charge in [-0.3, -0.25) is 14.4 Å². The van der Waals surface area contributed by atoms with Crippen LogP contribution in [0, 0.1) is 0 Å². The fourth-order valence-electron chi connectivity index (χ4n) is 3.60. The molecule has 3 aromatic rings. The summed E-state index contributed by atoms with van der Waals surface area (Å²) in [7, 11) is 1.58. The highest BCUT2D eigenvalue weighted by atomic mass is 79.9. The monoisotopic (exact) mass is 466 g/mol. The van der Waals surface area contributed by atoms with Crippen molar-refractivity contribution in [1.82, 2.24) is 9.88 Å². The number of ether oxygens (including phenoxy) is 1. The molecule has 30 heavy (non-hydrogen) atoms. The maximum Gasteiger partial charge on any atom is 0.240 e. The topological polar surface area (TPSA) is 77.4 Å². The van der Waals surface area contributed by atoms with Crippen LogP contribution in [-0.4, -0.2) is 42.3 Å². The summed E-state index contributed by atoms with van der Waals surface area (Å²) in [6, 6.07) is 12.5. The van der Waals surface area contributed by atoms with Crippen LogP contribution in [0.1, 0.15) is 26.3 Å². The van der Waals surface area contributed by atoms with Gasteiger partial charge in [0, 0.05) is 51.9 Å². The number of halogens is 1. The minimum Gasteiger partial charge on any atom is -0.383 e. The van der Waals surface area contributed by atoms with Gasteiger partial charge in [0.05, 0.1) is 12.2 Å². The van der Waals surface area contributed by atoms with Gasteiger partial charge in [-0.05, 0) is 24.3 Å². The molecular weight excluding hydrogens is 448 g/mol. The van der Waals surface area contributed by atoms with Crippen LogP contribution in [0.3, 0.4) is 0 Å². The standard InChI is InChI=1S/C23H19BrN2O4/c1-30-9-8-25-21(27)13-26-12-14(18-11-15(24)6-7-20(18)26)10-19-22(28)16-4-2-3-5-17(16)23(19)29/h2-7,10-12H,8-9,13H2,1H3,(H,25,27). The predicted octanol–water partition coefficient (Wildman–Crippen LogP) is 3.63. The van der Waals surface area contributed by atoms with Crippen LogP contribution in [0.2, 0.25) is 0 Å². The lowest BCUT2D eigenvalue weighted by molar-refractivity contribution is -0.121. The number of aromatic nitrogens is 1. The molecule has 0 atom stereocenters. The first-order valence-electron chi connectivity index (χ1n) is 9.43. The predicted molar refractivity (Wildman–Crippen MR) is 118 cm³/mol. The molecule has 7 heteroatoms. The van der Waals surface area contributed by atoms with E-state index in [1.165, 1.54) is 0 Å². The molecule has 1 N–H and O–H groups in total. The van der Waals surface area contributed by atoms with Gasteiger partial charge in [0.15, 0.2) is 11.6 Å². The summed E-state index contributed by atoms with van der Waals surface area (Å²) in [6.07, 6.45) is 3.42. The molecule has 0 spiro atoms. The molecule has 0 saturated carbocycles. The Bertz CT molecular complexity index is 1170. The number of carbonyl (C=O) groups is 3. The van der Waals surface area contributed by atoms with Crippen LogP contribution in [0.25, 0.3) is 17.0 Å². The number of nitrogens with zero attached hydrogens (tertiary/aromatic N) is 1. The Labute approximate surface area is 181 Å². The van der Waals surface area contributed by atoms with Gasteiger partial charge in [-0.2, -0.15) is 0 Å². The molecular formula is C23H19BrN2O4. The van der Waals surface area contributed by atoms with Crippen LogP contribution >= 0.6 is 15.9 Å². The van der Waals surface area contributed by atoms with E-state index in [0.717, 1.165) is 15.4 Å². The molecule has 0 saturated heterocycles. The van der Waals surface area contributed by atoms with E-state index < -0.39 is 0 Å². The number of hydrogen-bond acceptors (Lipinski definition) is 4. The molecule has 1 heterocycles. The Kier molecular flexibility index (Phi) is 5.65. The zero-order chi connectivity index (χ0) is 21.3. The van der Waals surface area contributed by atoms with Crippen LogP contribution in [0.15, 0.2) is 58.7 Å². The van der Waals surface area contributed by atoms with Crippen molar-refractivity contribution in [3.05, 3.63) is 75.4 Å². The number of nitrogens with one attached hydrogen (secondary N) is 1. The first kappa shape index (κ1) is 20.3. The van der Waals surface area contributed by atoms with E-state index in [-0.39, 0.29) is 29.6 Å². The number of allylic oxidation sites excluding steroid dienone is 1. The first-order chi connectivity index (χ1) is 14.5. The Morgan fingerprint density at radius 1 is 1.13 bits per heavy atom. The van der Waals surface area contributed by atoms with E-state index >= 15 is 0 Å². The minimum absolute atomic E-state index is 0.118. The molecule has 0 bridgehead atoms. The quantitative estimate of drug-likeness (QED) is 0.341. The second-order valence-corrected chi connectivity index (χ2v) is 7.89. The summed E-state index contributed by atoms with van der Waals surface area (Å²) in [4.78, 5) is 37.8. The van der Waals surface area contributed by atoms with Crippen LogP contribution < -0.4 is 5.32 Å². The molecule has 6 nitrogen and oxygen atoms in total. The molecule has 0 unspecified atom stereocenters. The molecule has 4 rings (SSSR count). The highest BCUT2D eigenvalue weighted by molar-refractivity contribution is 9.10. The average Bonchev–Trinajstić information content (AvgIpc) is 3.18. The SMILES string of the molecule is COCCNC(=O)Cn1cc(C=C2C(=O)c3ccccc3C2=O)c2cc(Br)ccc21. The lowest BCUT2D eigenvalue weighted by atomic mass is 10.1. The van der Waals surface area contributed by atoms with Crippen molar-refractivity contribution >= 4 is 50.4 Å². The zero-order valence-corrected chi connectivity index (χ0v) is 17.9. The van der Waals surface area contributed by atoms with Gasteiger partial charge in [-0.25, -0.2) is 0 Å².